The Morgan fingerprint density at radius 2 is 2.04 bits per heavy atom. The molecule has 0 aliphatic heterocycles. The highest BCUT2D eigenvalue weighted by atomic mass is 16.5. The summed E-state index contributed by atoms with van der Waals surface area (Å²) < 4.78 is 5.53. The van der Waals surface area contributed by atoms with Crippen molar-refractivity contribution in [2.45, 2.75) is 25.3 Å². The molecule has 5 heteroatoms. The third kappa shape index (κ3) is 4.59. The van der Waals surface area contributed by atoms with Gasteiger partial charge >= 0.3 is 0 Å². The lowest BCUT2D eigenvalue weighted by Gasteiger charge is -2.37. The summed E-state index contributed by atoms with van der Waals surface area (Å²) >= 11 is 0. The molecule has 1 aromatic rings. The van der Waals surface area contributed by atoms with Crippen LogP contribution >= 0.6 is 0 Å². The molecule has 0 spiro atoms. The number of amides is 2. The van der Waals surface area contributed by atoms with Gasteiger partial charge in [0.2, 0.25) is 5.91 Å². The molecule has 1 aliphatic carbocycles. The van der Waals surface area contributed by atoms with Crippen molar-refractivity contribution < 1.29 is 14.3 Å². The Bertz CT molecular complexity index is 691. The highest BCUT2D eigenvalue weighted by Crippen LogP contribution is 2.28. The van der Waals surface area contributed by atoms with Crippen LogP contribution in [0.15, 0.2) is 61.2 Å². The number of aryl methyl sites for hydroxylation is 1. The van der Waals surface area contributed by atoms with Gasteiger partial charge in [0.15, 0.2) is 6.61 Å². The van der Waals surface area contributed by atoms with Gasteiger partial charge in [-0.2, -0.15) is 0 Å². The first-order chi connectivity index (χ1) is 12.0. The zero-order chi connectivity index (χ0) is 18.3. The summed E-state index contributed by atoms with van der Waals surface area (Å²) in [5.41, 5.74) is 5.79. The molecule has 0 bridgehead atoms. The zero-order valence-corrected chi connectivity index (χ0v) is 14.4. The molecular formula is C20H24N2O3. The van der Waals surface area contributed by atoms with Crippen LogP contribution in [0.4, 0.5) is 0 Å². The molecule has 2 unspecified atom stereocenters. The largest absolute Gasteiger partial charge is 0.484 e. The fraction of sp³-hybridized carbons (Fsp3) is 0.300. The molecule has 2 rings (SSSR count). The molecule has 0 saturated heterocycles. The van der Waals surface area contributed by atoms with Gasteiger partial charge in [0.1, 0.15) is 5.75 Å². The van der Waals surface area contributed by atoms with Gasteiger partial charge in [-0.3, -0.25) is 9.59 Å². The van der Waals surface area contributed by atoms with Crippen molar-refractivity contribution in [3.05, 3.63) is 66.8 Å². The van der Waals surface area contributed by atoms with Crippen LogP contribution in [0.25, 0.3) is 0 Å². The van der Waals surface area contributed by atoms with E-state index in [1.54, 1.807) is 30.4 Å². The Kier molecular flexibility index (Phi) is 6.17. The summed E-state index contributed by atoms with van der Waals surface area (Å²) in [6, 6.07) is 7.59. The highest BCUT2D eigenvalue weighted by Gasteiger charge is 2.40. The molecule has 1 aromatic carbocycles. The fourth-order valence-corrected chi connectivity index (χ4v) is 2.90. The molecule has 0 heterocycles. The van der Waals surface area contributed by atoms with E-state index in [9.17, 15) is 9.59 Å². The summed E-state index contributed by atoms with van der Waals surface area (Å²) in [5, 5.41) is 2.88. The number of benzene rings is 1. The Morgan fingerprint density at radius 1 is 1.32 bits per heavy atom. The number of ether oxygens (including phenoxy) is 1. The van der Waals surface area contributed by atoms with E-state index < -0.39 is 17.4 Å². The van der Waals surface area contributed by atoms with E-state index in [1.807, 2.05) is 24.3 Å². The molecule has 2 amide bonds. The maximum Gasteiger partial charge on any atom is 0.258 e. The molecule has 1 aliphatic rings. The van der Waals surface area contributed by atoms with Crippen LogP contribution in [-0.4, -0.2) is 24.0 Å². The first-order valence-electron chi connectivity index (χ1n) is 8.29. The van der Waals surface area contributed by atoms with E-state index in [0.717, 1.165) is 6.42 Å². The third-order valence-corrected chi connectivity index (χ3v) is 4.23. The standard InChI is InChI=1S/C20H24N2O3/c1-3-12-20(13-6-5-7-17(20)19(21)24)22-18(23)14-25-16-10-8-15(4-2)9-11-16/h3,5-11,13,17H,1,4,12,14H2,2H3,(H2,21,24)(H,22,23). The summed E-state index contributed by atoms with van der Waals surface area (Å²) in [6.07, 6.45) is 9.98. The topological polar surface area (TPSA) is 81.4 Å². The van der Waals surface area contributed by atoms with Crippen molar-refractivity contribution in [1.29, 1.82) is 0 Å². The number of hydrogen-bond acceptors (Lipinski definition) is 3. The molecule has 0 fully saturated rings. The Morgan fingerprint density at radius 3 is 2.64 bits per heavy atom. The van der Waals surface area contributed by atoms with Crippen molar-refractivity contribution in [3.8, 4) is 5.75 Å². The molecule has 25 heavy (non-hydrogen) atoms. The van der Waals surface area contributed by atoms with Crippen molar-refractivity contribution in [2.24, 2.45) is 11.7 Å². The molecule has 132 valence electrons. The smallest absolute Gasteiger partial charge is 0.258 e. The van der Waals surface area contributed by atoms with Gasteiger partial charge in [-0.05, 0) is 30.5 Å². The molecular weight excluding hydrogens is 316 g/mol. The molecule has 3 N–H and O–H groups in total. The number of primary amides is 1. The number of nitrogens with two attached hydrogens (primary N) is 1. The van der Waals surface area contributed by atoms with E-state index in [4.69, 9.17) is 10.5 Å². The summed E-state index contributed by atoms with van der Waals surface area (Å²) in [4.78, 5) is 24.2. The lowest BCUT2D eigenvalue weighted by atomic mass is 9.77. The van der Waals surface area contributed by atoms with Crippen molar-refractivity contribution in [1.82, 2.24) is 5.32 Å². The van der Waals surface area contributed by atoms with Crippen molar-refractivity contribution >= 4 is 11.8 Å². The van der Waals surface area contributed by atoms with Crippen LogP contribution in [0.3, 0.4) is 0 Å². The predicted octanol–water partition coefficient (Wildman–Crippen LogP) is 2.29. The molecule has 0 aromatic heterocycles. The number of nitrogens with one attached hydrogen (secondary N) is 1. The van der Waals surface area contributed by atoms with Gasteiger partial charge in [0.05, 0.1) is 11.5 Å². The molecule has 2 atom stereocenters. The van der Waals surface area contributed by atoms with Crippen LogP contribution in [0.1, 0.15) is 18.9 Å². The summed E-state index contributed by atoms with van der Waals surface area (Å²) in [7, 11) is 0. The van der Waals surface area contributed by atoms with E-state index in [-0.39, 0.29) is 12.5 Å². The van der Waals surface area contributed by atoms with Gasteiger partial charge in [-0.1, -0.05) is 49.4 Å². The van der Waals surface area contributed by atoms with Gasteiger partial charge in [0, 0.05) is 0 Å². The van der Waals surface area contributed by atoms with Gasteiger partial charge in [0.25, 0.3) is 5.91 Å². The monoisotopic (exact) mass is 340 g/mol. The van der Waals surface area contributed by atoms with Crippen molar-refractivity contribution in [2.75, 3.05) is 6.61 Å². The highest BCUT2D eigenvalue weighted by molar-refractivity contribution is 5.84. The summed E-state index contributed by atoms with van der Waals surface area (Å²) in [5.74, 6) is -0.842. The minimum absolute atomic E-state index is 0.145. The number of allylic oxidation sites excluding steroid dienone is 2. The lowest BCUT2D eigenvalue weighted by molar-refractivity contribution is -0.127. The SMILES string of the molecule is C=CCC1(NC(=O)COc2ccc(CC)cc2)C=CC=CC1C(N)=O. The van der Waals surface area contributed by atoms with Crippen LogP contribution in [-0.2, 0) is 16.0 Å². The second-order valence-corrected chi connectivity index (χ2v) is 5.99. The van der Waals surface area contributed by atoms with Crippen molar-refractivity contribution in [3.63, 3.8) is 0 Å². The quantitative estimate of drug-likeness (QED) is 0.712. The molecule has 0 radical (unpaired) electrons. The lowest BCUT2D eigenvalue weighted by Crippen LogP contribution is -2.56. The first kappa shape index (κ1) is 18.5. The van der Waals surface area contributed by atoms with Crippen LogP contribution < -0.4 is 15.8 Å². The summed E-state index contributed by atoms with van der Waals surface area (Å²) in [6.45, 7) is 5.65. The Hall–Kier alpha value is -2.82. The number of carbonyl (C=O) groups is 2. The van der Waals surface area contributed by atoms with Crippen LogP contribution in [0.5, 0.6) is 5.75 Å². The maximum atomic E-state index is 12.4. The van der Waals surface area contributed by atoms with E-state index in [0.29, 0.717) is 12.2 Å². The minimum Gasteiger partial charge on any atom is -0.484 e. The fourth-order valence-electron chi connectivity index (χ4n) is 2.90. The average Bonchev–Trinajstić information content (AvgIpc) is 2.60. The maximum absolute atomic E-state index is 12.4. The predicted molar refractivity (Wildman–Crippen MR) is 98.0 cm³/mol. The third-order valence-electron chi connectivity index (χ3n) is 4.23. The first-order valence-corrected chi connectivity index (χ1v) is 8.29. The van der Waals surface area contributed by atoms with E-state index in [1.165, 1.54) is 5.56 Å². The van der Waals surface area contributed by atoms with Gasteiger partial charge in [-0.15, -0.1) is 6.58 Å². The van der Waals surface area contributed by atoms with Gasteiger partial charge < -0.3 is 15.8 Å². The zero-order valence-electron chi connectivity index (χ0n) is 14.4. The van der Waals surface area contributed by atoms with E-state index >= 15 is 0 Å². The van der Waals surface area contributed by atoms with Crippen LogP contribution in [0.2, 0.25) is 0 Å². The van der Waals surface area contributed by atoms with Crippen LogP contribution in [0, 0.1) is 5.92 Å². The number of rotatable bonds is 8. The van der Waals surface area contributed by atoms with Gasteiger partial charge in [-0.25, -0.2) is 0 Å². The number of carbonyl (C=O) groups excluding carboxylic acids is 2. The second kappa shape index (κ2) is 8.33. The minimum atomic E-state index is -0.908. The normalized spacial score (nSPS) is 21.6. The molecule has 5 nitrogen and oxygen atoms in total. The Labute approximate surface area is 148 Å². The number of hydrogen-bond donors (Lipinski definition) is 2. The molecule has 0 saturated carbocycles. The average molecular weight is 340 g/mol. The Balaban J connectivity index is 2.04. The second-order valence-electron chi connectivity index (χ2n) is 5.99. The van der Waals surface area contributed by atoms with E-state index in [2.05, 4.69) is 18.8 Å².